The van der Waals surface area contributed by atoms with E-state index in [-0.39, 0.29) is 0 Å². The molecule has 0 spiro atoms. The van der Waals surface area contributed by atoms with Crippen LogP contribution in [0.2, 0.25) is 9.94 Å². The van der Waals surface area contributed by atoms with Gasteiger partial charge in [0.05, 0.1) is 0 Å². The Balaban J connectivity index is -0.000000375. The van der Waals surface area contributed by atoms with Crippen molar-refractivity contribution in [1.82, 2.24) is 0 Å². The molecule has 0 amide bonds. The first-order valence-electron chi connectivity index (χ1n) is 11.8. The average Bonchev–Trinajstić information content (AvgIpc) is 2.92. The van der Waals surface area contributed by atoms with E-state index in [1.54, 1.807) is 21.3 Å². The van der Waals surface area contributed by atoms with Crippen LogP contribution in [0.3, 0.4) is 0 Å². The second-order valence-electron chi connectivity index (χ2n) is 6.09. The van der Waals surface area contributed by atoms with Crippen LogP contribution in [0.5, 0.6) is 0 Å². The van der Waals surface area contributed by atoms with Gasteiger partial charge < -0.3 is 9.47 Å². The van der Waals surface area contributed by atoms with Crippen molar-refractivity contribution in [1.29, 1.82) is 0 Å². The van der Waals surface area contributed by atoms with Gasteiger partial charge in [-0.25, -0.2) is 0 Å². The Hall–Kier alpha value is -1.89. The molecular weight excluding hydrogens is 532 g/mol. The molecule has 0 aromatic heterocycles. The van der Waals surface area contributed by atoms with Crippen molar-refractivity contribution in [3.8, 4) is 0 Å². The minimum absolute atomic E-state index is 0.470. The molecule has 0 unspecified atom stereocenters. The predicted molar refractivity (Wildman–Crippen MR) is 159 cm³/mol. The summed E-state index contributed by atoms with van der Waals surface area (Å²) in [5, 5.41) is 5.24. The summed E-state index contributed by atoms with van der Waals surface area (Å²) in [6.07, 6.45) is 0. The Kier molecular flexibility index (Phi) is 33.6. The Morgan fingerprint density at radius 2 is 0.618 bits per heavy atom. The van der Waals surface area contributed by atoms with Crippen molar-refractivity contribution in [2.45, 2.75) is 44.6 Å². The van der Waals surface area contributed by atoms with E-state index in [1.165, 1.54) is 21.5 Å². The van der Waals surface area contributed by atoms with Gasteiger partial charge >= 0.3 is 30.9 Å². The molecule has 3 heteroatoms. The predicted octanol–water partition coefficient (Wildman–Crippen LogP) is 9.43. The monoisotopic (exact) mass is 582 g/mol. The van der Waals surface area contributed by atoms with E-state index in [2.05, 4.69) is 116 Å². The zero-order chi connectivity index (χ0) is 26.5. The van der Waals surface area contributed by atoms with Crippen molar-refractivity contribution < 1.29 is 9.47 Å². The molecule has 0 saturated carbocycles. The van der Waals surface area contributed by atoms with E-state index in [4.69, 9.17) is 0 Å². The summed E-state index contributed by atoms with van der Waals surface area (Å²) >= 11 is 0.470. The number of hydrogen-bond donors (Lipinski definition) is 0. The summed E-state index contributed by atoms with van der Waals surface area (Å²) in [6, 6.07) is 33.4. The van der Waals surface area contributed by atoms with Crippen LogP contribution in [0.1, 0.15) is 34.6 Å². The van der Waals surface area contributed by atoms with Gasteiger partial charge in [0.15, 0.2) is 0 Å². The van der Waals surface area contributed by atoms with E-state index >= 15 is 0 Å². The van der Waals surface area contributed by atoms with Gasteiger partial charge in [-0.3, -0.25) is 0 Å². The summed E-state index contributed by atoms with van der Waals surface area (Å²) < 4.78 is 8.79. The molecule has 0 atom stereocenters. The number of rotatable bonds is 1. The first kappa shape index (κ1) is 36.7. The van der Waals surface area contributed by atoms with Gasteiger partial charge in [-0.2, -0.15) is 0 Å². The van der Waals surface area contributed by atoms with E-state index in [9.17, 15) is 0 Å². The molecule has 0 saturated heterocycles. The molecule has 0 aliphatic carbocycles. The normalized spacial score (nSPS) is 8.18. The van der Waals surface area contributed by atoms with Gasteiger partial charge in [-0.05, 0) is 28.5 Å². The molecule has 0 aliphatic heterocycles. The molecular formula is C31H48O2Te. The van der Waals surface area contributed by atoms with Crippen LogP contribution in [-0.4, -0.2) is 48.9 Å². The Morgan fingerprint density at radius 1 is 0.500 bits per heavy atom. The van der Waals surface area contributed by atoms with Crippen LogP contribution in [0.25, 0.3) is 21.5 Å². The first-order chi connectivity index (χ1) is 16.7. The summed E-state index contributed by atoms with van der Waals surface area (Å²) in [6.45, 7) is 10.8. The number of fused-ring (bicyclic) bond motifs is 2. The van der Waals surface area contributed by atoms with Crippen LogP contribution in [0.4, 0.5) is 0 Å². The van der Waals surface area contributed by atoms with Gasteiger partial charge in [-0.15, -0.1) is 0 Å². The smallest absolute Gasteiger partial charge is 0.0184 e. The maximum absolute atomic E-state index is 4.54. The van der Waals surface area contributed by atoms with Gasteiger partial charge in [-0.1, -0.05) is 125 Å². The van der Waals surface area contributed by atoms with Crippen molar-refractivity contribution in [3.05, 3.63) is 97.1 Å². The molecule has 4 aromatic carbocycles. The molecule has 190 valence electrons. The molecule has 4 aromatic rings. The molecule has 0 N–H and O–H groups in total. The summed E-state index contributed by atoms with van der Waals surface area (Å²) in [5.74, 6) is 0. The Morgan fingerprint density at radius 3 is 0.706 bits per heavy atom. The quantitative estimate of drug-likeness (QED) is 0.209. The second kappa shape index (κ2) is 31.1. The minimum atomic E-state index is 0.470. The van der Waals surface area contributed by atoms with E-state index in [0.29, 0.717) is 20.9 Å². The van der Waals surface area contributed by atoms with E-state index in [1.807, 2.05) is 34.6 Å². The van der Waals surface area contributed by atoms with Gasteiger partial charge in [0.1, 0.15) is 0 Å². The number of benzene rings is 4. The zero-order valence-electron chi connectivity index (χ0n) is 23.2. The minimum Gasteiger partial charge on any atom is -0.0616 e. The number of hydrogen-bond acceptors (Lipinski definition) is 2. The van der Waals surface area contributed by atoms with Crippen LogP contribution >= 0.6 is 0 Å². The number of ether oxygens (including phenoxy) is 2. The molecule has 0 bridgehead atoms. The third-order valence-electron chi connectivity index (χ3n) is 3.61. The van der Waals surface area contributed by atoms with E-state index < -0.39 is 0 Å². The molecule has 4 rings (SSSR count). The van der Waals surface area contributed by atoms with E-state index in [0.717, 1.165) is 6.61 Å². The molecule has 0 heterocycles. The Bertz CT molecular complexity index is 688. The average molecular weight is 580 g/mol. The SMILES string of the molecule is CC.CC.CCOC.COC.C[Te]C.c1ccc2ccccc2c1.c1ccc2ccccc2c1. The van der Waals surface area contributed by atoms with Gasteiger partial charge in [0.2, 0.25) is 0 Å². The standard InChI is InChI=1S/2C10H8.C3H8O.C2H6O.C2H6Te.2C2H6/c2*1-2-6-10-8-4-3-7-9(10)5-1;1-3-4-2;2*1-3-2;2*1-2/h2*1-8H;3H2,1-2H3;2*1-2H3;2*1-2H3. The molecule has 34 heavy (non-hydrogen) atoms. The van der Waals surface area contributed by atoms with Crippen LogP contribution in [0.15, 0.2) is 97.1 Å². The first-order valence-corrected chi connectivity index (χ1v) is 16.5. The van der Waals surface area contributed by atoms with Crippen molar-refractivity contribution in [2.24, 2.45) is 0 Å². The third-order valence-corrected chi connectivity index (χ3v) is 3.61. The summed E-state index contributed by atoms with van der Waals surface area (Å²) in [4.78, 5) is 4.51. The molecule has 0 aliphatic rings. The fourth-order valence-corrected chi connectivity index (χ4v) is 2.27. The van der Waals surface area contributed by atoms with Crippen LogP contribution in [0, 0.1) is 0 Å². The molecule has 0 fully saturated rings. The second-order valence-corrected chi connectivity index (χ2v) is 8.42. The molecule has 2 nitrogen and oxygen atoms in total. The third kappa shape index (κ3) is 20.7. The summed E-state index contributed by atoms with van der Waals surface area (Å²) in [7, 11) is 4.93. The van der Waals surface area contributed by atoms with Crippen LogP contribution < -0.4 is 0 Å². The fourth-order valence-electron chi connectivity index (χ4n) is 2.27. The van der Waals surface area contributed by atoms with Crippen molar-refractivity contribution in [2.75, 3.05) is 27.9 Å². The maximum atomic E-state index is 4.54. The Labute approximate surface area is 220 Å². The maximum Gasteiger partial charge on any atom is -0.0184 e. The van der Waals surface area contributed by atoms with Gasteiger partial charge in [0, 0.05) is 27.9 Å². The van der Waals surface area contributed by atoms with Crippen molar-refractivity contribution >= 4 is 42.5 Å². The largest absolute Gasteiger partial charge is 0.0616 e. The summed E-state index contributed by atoms with van der Waals surface area (Å²) in [5.41, 5.74) is 0. The van der Waals surface area contributed by atoms with Crippen LogP contribution in [-0.2, 0) is 9.47 Å². The fraction of sp³-hybridized carbons (Fsp3) is 0.355. The topological polar surface area (TPSA) is 18.5 Å². The molecule has 0 radical (unpaired) electrons. The van der Waals surface area contributed by atoms with Crippen molar-refractivity contribution in [3.63, 3.8) is 0 Å². The van der Waals surface area contributed by atoms with Gasteiger partial charge in [0.25, 0.3) is 0 Å². The zero-order valence-corrected chi connectivity index (χ0v) is 25.5. The number of methoxy groups -OCH3 is 2.